The van der Waals surface area contributed by atoms with Gasteiger partial charge in [-0.1, -0.05) is 24.3 Å². The van der Waals surface area contributed by atoms with E-state index < -0.39 is 0 Å². The summed E-state index contributed by atoms with van der Waals surface area (Å²) in [6.07, 6.45) is 0. The molecule has 4 heteroatoms. The summed E-state index contributed by atoms with van der Waals surface area (Å²) >= 11 is 3.43. The number of fused-ring (bicyclic) bond motifs is 1. The van der Waals surface area contributed by atoms with Gasteiger partial charge in [0.05, 0.1) is 16.6 Å². The molecule has 0 aliphatic carbocycles. The highest BCUT2D eigenvalue weighted by molar-refractivity contribution is 9.10. The summed E-state index contributed by atoms with van der Waals surface area (Å²) in [6.45, 7) is 1.84. The monoisotopic (exact) mass is 314 g/mol. The van der Waals surface area contributed by atoms with Gasteiger partial charge in [0.2, 0.25) is 0 Å². The van der Waals surface area contributed by atoms with Crippen molar-refractivity contribution in [1.82, 2.24) is 9.55 Å². The molecule has 1 aromatic heterocycles. The van der Waals surface area contributed by atoms with Crippen LogP contribution >= 0.6 is 15.9 Å². The molecule has 3 nitrogen and oxygen atoms in total. The summed E-state index contributed by atoms with van der Waals surface area (Å²) in [7, 11) is 0. The fraction of sp³-hybridized carbons (Fsp3) is 0.0667. The van der Waals surface area contributed by atoms with Crippen molar-refractivity contribution in [3.8, 4) is 5.69 Å². The van der Waals surface area contributed by atoms with Gasteiger partial charge in [-0.2, -0.15) is 0 Å². The van der Waals surface area contributed by atoms with Gasteiger partial charge in [-0.3, -0.25) is 9.36 Å². The first-order valence-corrected chi connectivity index (χ1v) is 6.71. The Hall–Kier alpha value is -1.94. The highest BCUT2D eigenvalue weighted by Gasteiger charge is 2.11. The van der Waals surface area contributed by atoms with E-state index in [1.54, 1.807) is 4.57 Å². The molecule has 94 valence electrons. The number of hydrogen-bond donors (Lipinski definition) is 0. The van der Waals surface area contributed by atoms with Gasteiger partial charge in [0, 0.05) is 4.47 Å². The van der Waals surface area contributed by atoms with Crippen molar-refractivity contribution in [3.63, 3.8) is 0 Å². The number of rotatable bonds is 1. The number of nitrogens with zero attached hydrogens (tertiary/aromatic N) is 2. The quantitative estimate of drug-likeness (QED) is 0.689. The van der Waals surface area contributed by atoms with Crippen LogP contribution in [0.25, 0.3) is 16.6 Å². The Kier molecular flexibility index (Phi) is 2.95. The molecule has 0 unspecified atom stereocenters. The maximum Gasteiger partial charge on any atom is 0.267 e. The molecule has 0 radical (unpaired) electrons. The zero-order valence-electron chi connectivity index (χ0n) is 10.3. The van der Waals surface area contributed by atoms with E-state index in [1.807, 2.05) is 55.5 Å². The molecule has 0 bridgehead atoms. The third kappa shape index (κ3) is 1.98. The maximum atomic E-state index is 12.7. The lowest BCUT2D eigenvalue weighted by Crippen LogP contribution is -2.22. The van der Waals surface area contributed by atoms with Crippen molar-refractivity contribution in [2.75, 3.05) is 0 Å². The molecule has 3 rings (SSSR count). The second kappa shape index (κ2) is 4.63. The highest BCUT2D eigenvalue weighted by atomic mass is 79.9. The standard InChI is InChI=1S/C15H11BrN2O/c1-10-17-13-9-5-8-12(16)14(13)15(19)18(10)11-6-3-2-4-7-11/h2-9H,1H3. The summed E-state index contributed by atoms with van der Waals surface area (Å²) in [4.78, 5) is 17.2. The Morgan fingerprint density at radius 1 is 1.05 bits per heavy atom. The van der Waals surface area contributed by atoms with Gasteiger partial charge in [0.15, 0.2) is 0 Å². The molecule has 0 fully saturated rings. The van der Waals surface area contributed by atoms with Crippen LogP contribution in [0.3, 0.4) is 0 Å². The zero-order valence-corrected chi connectivity index (χ0v) is 11.9. The average Bonchev–Trinajstić information content (AvgIpc) is 2.39. The predicted molar refractivity (Wildman–Crippen MR) is 79.8 cm³/mol. The lowest BCUT2D eigenvalue weighted by molar-refractivity contribution is 0.894. The summed E-state index contributed by atoms with van der Waals surface area (Å²) in [5.41, 5.74) is 1.49. The molecule has 1 heterocycles. The van der Waals surface area contributed by atoms with Crippen molar-refractivity contribution in [1.29, 1.82) is 0 Å². The third-order valence-corrected chi connectivity index (χ3v) is 3.69. The molecule has 0 aliphatic heterocycles. The molecule has 0 saturated carbocycles. The van der Waals surface area contributed by atoms with Crippen LogP contribution in [0.15, 0.2) is 57.8 Å². The van der Waals surface area contributed by atoms with E-state index in [4.69, 9.17) is 0 Å². The van der Waals surface area contributed by atoms with E-state index in [2.05, 4.69) is 20.9 Å². The summed E-state index contributed by atoms with van der Waals surface area (Å²) < 4.78 is 2.40. The average molecular weight is 315 g/mol. The second-order valence-electron chi connectivity index (χ2n) is 4.27. The number of para-hydroxylation sites is 1. The lowest BCUT2D eigenvalue weighted by atomic mass is 10.2. The summed E-state index contributed by atoms with van der Waals surface area (Å²) in [5.74, 6) is 0.682. The minimum absolute atomic E-state index is 0.0545. The summed E-state index contributed by atoms with van der Waals surface area (Å²) in [5, 5.41) is 0.608. The van der Waals surface area contributed by atoms with Crippen LogP contribution in [-0.4, -0.2) is 9.55 Å². The molecule has 19 heavy (non-hydrogen) atoms. The Morgan fingerprint density at radius 2 is 1.79 bits per heavy atom. The first-order chi connectivity index (χ1) is 9.18. The van der Waals surface area contributed by atoms with E-state index >= 15 is 0 Å². The Labute approximate surface area is 118 Å². The minimum Gasteiger partial charge on any atom is -0.268 e. The number of halogens is 1. The SMILES string of the molecule is Cc1nc2cccc(Br)c2c(=O)n1-c1ccccc1. The predicted octanol–water partition coefficient (Wildman–Crippen LogP) is 3.46. The number of aromatic nitrogens is 2. The van der Waals surface area contributed by atoms with E-state index in [-0.39, 0.29) is 5.56 Å². The largest absolute Gasteiger partial charge is 0.268 e. The normalized spacial score (nSPS) is 10.8. The van der Waals surface area contributed by atoms with Gasteiger partial charge < -0.3 is 0 Å². The van der Waals surface area contributed by atoms with Crippen LogP contribution in [0.5, 0.6) is 0 Å². The maximum absolute atomic E-state index is 12.7. The first-order valence-electron chi connectivity index (χ1n) is 5.92. The van der Waals surface area contributed by atoms with Gasteiger partial charge in [0.25, 0.3) is 5.56 Å². The molecule has 2 aromatic carbocycles. The molecular formula is C15H11BrN2O. The van der Waals surface area contributed by atoms with E-state index in [0.717, 1.165) is 10.2 Å². The first kappa shape index (κ1) is 12.1. The van der Waals surface area contributed by atoms with Crippen LogP contribution in [0, 0.1) is 6.92 Å². The number of hydrogen-bond acceptors (Lipinski definition) is 2. The van der Waals surface area contributed by atoms with E-state index in [0.29, 0.717) is 16.7 Å². The van der Waals surface area contributed by atoms with Gasteiger partial charge >= 0.3 is 0 Å². The van der Waals surface area contributed by atoms with Gasteiger partial charge in [-0.25, -0.2) is 4.98 Å². The van der Waals surface area contributed by atoms with Crippen molar-refractivity contribution in [2.45, 2.75) is 6.92 Å². The fourth-order valence-electron chi connectivity index (χ4n) is 2.18. The van der Waals surface area contributed by atoms with Crippen LogP contribution in [-0.2, 0) is 0 Å². The van der Waals surface area contributed by atoms with Gasteiger partial charge in [-0.05, 0) is 47.1 Å². The second-order valence-corrected chi connectivity index (χ2v) is 5.12. The Bertz CT molecular complexity index is 809. The lowest BCUT2D eigenvalue weighted by Gasteiger charge is -2.11. The van der Waals surface area contributed by atoms with Crippen molar-refractivity contribution in [2.24, 2.45) is 0 Å². The summed E-state index contributed by atoms with van der Waals surface area (Å²) in [6, 6.07) is 15.1. The molecule has 0 N–H and O–H groups in total. The van der Waals surface area contributed by atoms with Crippen LogP contribution in [0.1, 0.15) is 5.82 Å². The molecule has 0 saturated heterocycles. The molecule has 0 atom stereocenters. The fourth-order valence-corrected chi connectivity index (χ4v) is 2.71. The van der Waals surface area contributed by atoms with Gasteiger partial charge in [0.1, 0.15) is 5.82 Å². The molecule has 3 aromatic rings. The van der Waals surface area contributed by atoms with Crippen molar-refractivity contribution < 1.29 is 0 Å². The smallest absolute Gasteiger partial charge is 0.267 e. The van der Waals surface area contributed by atoms with E-state index in [1.165, 1.54) is 0 Å². The van der Waals surface area contributed by atoms with Crippen LogP contribution in [0.2, 0.25) is 0 Å². The molecular weight excluding hydrogens is 304 g/mol. The van der Waals surface area contributed by atoms with Crippen molar-refractivity contribution >= 4 is 26.8 Å². The molecule has 0 aliphatic rings. The van der Waals surface area contributed by atoms with E-state index in [9.17, 15) is 4.79 Å². The van der Waals surface area contributed by atoms with Crippen LogP contribution < -0.4 is 5.56 Å². The highest BCUT2D eigenvalue weighted by Crippen LogP contribution is 2.20. The number of benzene rings is 2. The molecule has 0 amide bonds. The van der Waals surface area contributed by atoms with Crippen molar-refractivity contribution in [3.05, 3.63) is 69.2 Å². The zero-order chi connectivity index (χ0) is 13.4. The molecule has 0 spiro atoms. The topological polar surface area (TPSA) is 34.9 Å². The third-order valence-electron chi connectivity index (χ3n) is 3.03. The minimum atomic E-state index is -0.0545. The Morgan fingerprint density at radius 3 is 2.53 bits per heavy atom. The van der Waals surface area contributed by atoms with Crippen LogP contribution in [0.4, 0.5) is 0 Å². The Balaban J connectivity index is 2.45. The van der Waals surface area contributed by atoms with Gasteiger partial charge in [-0.15, -0.1) is 0 Å². The number of aryl methyl sites for hydroxylation is 1.